The van der Waals surface area contributed by atoms with Crippen molar-refractivity contribution < 1.29 is 8.42 Å². The molecule has 0 aromatic carbocycles. The minimum atomic E-state index is -3.23. The van der Waals surface area contributed by atoms with Gasteiger partial charge in [-0.15, -0.1) is 0 Å². The minimum absolute atomic E-state index is 0.0102. The highest BCUT2D eigenvalue weighted by Gasteiger charge is 2.16. The highest BCUT2D eigenvalue weighted by Crippen LogP contribution is 2.04. The van der Waals surface area contributed by atoms with E-state index in [1.807, 2.05) is 32.8 Å². The van der Waals surface area contributed by atoms with Crippen LogP contribution in [0.5, 0.6) is 0 Å². The number of sulfonamides is 1. The van der Waals surface area contributed by atoms with Crippen molar-refractivity contribution in [2.75, 3.05) is 27.7 Å². The Morgan fingerprint density at radius 1 is 1.21 bits per heavy atom. The van der Waals surface area contributed by atoms with Gasteiger partial charge in [0.05, 0.1) is 0 Å². The van der Waals surface area contributed by atoms with Crippen LogP contribution in [-0.4, -0.2) is 51.4 Å². The van der Waals surface area contributed by atoms with Crippen molar-refractivity contribution in [3.8, 4) is 0 Å². The molecule has 84 valence electrons. The summed E-state index contributed by atoms with van der Waals surface area (Å²) in [5.74, 6) is 0. The van der Waals surface area contributed by atoms with E-state index in [4.69, 9.17) is 0 Å². The molecule has 0 aromatic rings. The van der Waals surface area contributed by atoms with E-state index >= 15 is 0 Å². The normalized spacial score (nSPS) is 13.7. The van der Waals surface area contributed by atoms with Crippen LogP contribution in [0.25, 0.3) is 0 Å². The maximum absolute atomic E-state index is 11.6. The van der Waals surface area contributed by atoms with E-state index in [1.165, 1.54) is 9.71 Å². The first-order chi connectivity index (χ1) is 6.27. The Bertz CT molecular complexity index is 281. The van der Waals surface area contributed by atoms with E-state index in [2.05, 4.69) is 0 Å². The lowest BCUT2D eigenvalue weighted by molar-refractivity contribution is 0.416. The molecule has 0 aliphatic heterocycles. The first-order valence-corrected chi connectivity index (χ1v) is 6.07. The van der Waals surface area contributed by atoms with Crippen LogP contribution >= 0.6 is 0 Å². The molecule has 0 unspecified atom stereocenters. The van der Waals surface area contributed by atoms with E-state index in [0.29, 0.717) is 6.54 Å². The van der Waals surface area contributed by atoms with Gasteiger partial charge in [-0.3, -0.25) is 0 Å². The number of likely N-dealkylation sites (N-methyl/N-ethyl adjacent to an activating group) is 1. The van der Waals surface area contributed by atoms with Crippen LogP contribution in [0.1, 0.15) is 13.8 Å². The Morgan fingerprint density at radius 3 is 2.07 bits per heavy atom. The lowest BCUT2D eigenvalue weighted by Crippen LogP contribution is -2.31. The molecule has 0 rings (SSSR count). The van der Waals surface area contributed by atoms with Gasteiger partial charge in [0.25, 0.3) is 0 Å². The smallest absolute Gasteiger partial charge is 0.235 e. The van der Waals surface area contributed by atoms with Crippen molar-refractivity contribution in [2.45, 2.75) is 19.9 Å². The fourth-order valence-corrected chi connectivity index (χ4v) is 1.87. The van der Waals surface area contributed by atoms with E-state index < -0.39 is 10.0 Å². The monoisotopic (exact) mass is 220 g/mol. The maximum Gasteiger partial charge on any atom is 0.235 e. The molecule has 0 spiro atoms. The van der Waals surface area contributed by atoms with Crippen molar-refractivity contribution in [3.63, 3.8) is 0 Å². The summed E-state index contributed by atoms with van der Waals surface area (Å²) in [4.78, 5) is 1.90. The molecule has 0 radical (unpaired) electrons. The molecular weight excluding hydrogens is 200 g/mol. The number of nitrogens with zero attached hydrogens (tertiary/aromatic N) is 2. The van der Waals surface area contributed by atoms with Crippen LogP contribution in [0.2, 0.25) is 0 Å². The zero-order valence-electron chi connectivity index (χ0n) is 9.56. The highest BCUT2D eigenvalue weighted by molar-refractivity contribution is 7.92. The average molecular weight is 220 g/mol. The summed E-state index contributed by atoms with van der Waals surface area (Å²) in [7, 11) is 2.14. The van der Waals surface area contributed by atoms with Gasteiger partial charge in [-0.05, 0) is 27.9 Å². The van der Waals surface area contributed by atoms with Gasteiger partial charge in [-0.2, -0.15) is 4.31 Å². The summed E-state index contributed by atoms with van der Waals surface area (Å²) in [6.07, 6.45) is 1.65. The van der Waals surface area contributed by atoms with Gasteiger partial charge in [0.15, 0.2) is 0 Å². The van der Waals surface area contributed by atoms with Gasteiger partial charge >= 0.3 is 0 Å². The predicted octanol–water partition coefficient (Wildman–Crippen LogP) is 0.732. The van der Waals surface area contributed by atoms with E-state index in [1.54, 1.807) is 13.1 Å². The summed E-state index contributed by atoms with van der Waals surface area (Å²) in [5, 5.41) is 1.26. The lowest BCUT2D eigenvalue weighted by atomic mass is 10.4. The Kier molecular flexibility index (Phi) is 5.33. The number of hydrogen-bond acceptors (Lipinski definition) is 3. The Balaban J connectivity index is 4.42. The third kappa shape index (κ3) is 4.74. The molecule has 0 aromatic heterocycles. The van der Waals surface area contributed by atoms with Crippen molar-refractivity contribution >= 4 is 10.0 Å². The minimum Gasteiger partial charge on any atom is -0.306 e. The standard InChI is InChI=1S/C9H20N2O2S/c1-9(2)11(5)14(12,13)8-6-7-10(3)4/h6,8-9H,7H2,1-5H3/b8-6+. The zero-order valence-corrected chi connectivity index (χ0v) is 10.4. The van der Waals surface area contributed by atoms with Gasteiger partial charge in [-0.1, -0.05) is 6.08 Å². The average Bonchev–Trinajstić information content (AvgIpc) is 2.01. The SMILES string of the molecule is CC(C)N(C)S(=O)(=O)/C=C/CN(C)C. The summed E-state index contributed by atoms with van der Waals surface area (Å²) in [6, 6.07) is -0.0102. The summed E-state index contributed by atoms with van der Waals surface area (Å²) < 4.78 is 24.5. The lowest BCUT2D eigenvalue weighted by Gasteiger charge is -2.18. The molecule has 0 fully saturated rings. The third-order valence-electron chi connectivity index (χ3n) is 1.87. The zero-order chi connectivity index (χ0) is 11.4. The van der Waals surface area contributed by atoms with Crippen molar-refractivity contribution in [1.82, 2.24) is 9.21 Å². The molecule has 0 saturated carbocycles. The number of hydrogen-bond donors (Lipinski definition) is 0. The van der Waals surface area contributed by atoms with Crippen molar-refractivity contribution in [3.05, 3.63) is 11.5 Å². The molecule has 14 heavy (non-hydrogen) atoms. The fraction of sp³-hybridized carbons (Fsp3) is 0.778. The molecule has 0 aliphatic carbocycles. The molecule has 0 aliphatic rings. The third-order valence-corrected chi connectivity index (χ3v) is 3.63. The van der Waals surface area contributed by atoms with E-state index in [-0.39, 0.29) is 6.04 Å². The van der Waals surface area contributed by atoms with E-state index in [0.717, 1.165) is 0 Å². The molecule has 0 atom stereocenters. The van der Waals surface area contributed by atoms with E-state index in [9.17, 15) is 8.42 Å². The molecule has 5 heteroatoms. The van der Waals surface area contributed by atoms with Gasteiger partial charge < -0.3 is 4.90 Å². The maximum atomic E-state index is 11.6. The molecular formula is C9H20N2O2S. The quantitative estimate of drug-likeness (QED) is 0.686. The predicted molar refractivity (Wildman–Crippen MR) is 59.5 cm³/mol. The Hall–Kier alpha value is -0.390. The summed E-state index contributed by atoms with van der Waals surface area (Å²) >= 11 is 0. The molecule has 0 saturated heterocycles. The summed E-state index contributed by atoms with van der Waals surface area (Å²) in [5.41, 5.74) is 0. The summed E-state index contributed by atoms with van der Waals surface area (Å²) in [6.45, 7) is 4.32. The molecule has 0 N–H and O–H groups in total. The Morgan fingerprint density at radius 2 is 1.71 bits per heavy atom. The second-order valence-electron chi connectivity index (χ2n) is 3.79. The molecule has 0 bridgehead atoms. The van der Waals surface area contributed by atoms with Crippen molar-refractivity contribution in [2.24, 2.45) is 0 Å². The van der Waals surface area contributed by atoms with Gasteiger partial charge in [0.1, 0.15) is 0 Å². The van der Waals surface area contributed by atoms with Gasteiger partial charge in [0.2, 0.25) is 10.0 Å². The topological polar surface area (TPSA) is 40.6 Å². The molecule has 4 nitrogen and oxygen atoms in total. The highest BCUT2D eigenvalue weighted by atomic mass is 32.2. The fourth-order valence-electron chi connectivity index (χ4n) is 0.765. The first-order valence-electron chi connectivity index (χ1n) is 4.56. The van der Waals surface area contributed by atoms with Gasteiger partial charge in [-0.25, -0.2) is 8.42 Å². The van der Waals surface area contributed by atoms with Crippen LogP contribution in [0, 0.1) is 0 Å². The van der Waals surface area contributed by atoms with Gasteiger partial charge in [0, 0.05) is 25.0 Å². The van der Waals surface area contributed by atoms with Crippen LogP contribution in [-0.2, 0) is 10.0 Å². The van der Waals surface area contributed by atoms with Crippen LogP contribution in [0.4, 0.5) is 0 Å². The van der Waals surface area contributed by atoms with Crippen LogP contribution in [0.15, 0.2) is 11.5 Å². The van der Waals surface area contributed by atoms with Crippen LogP contribution < -0.4 is 0 Å². The van der Waals surface area contributed by atoms with Crippen molar-refractivity contribution in [1.29, 1.82) is 0 Å². The Labute approximate surface area is 87.2 Å². The molecule has 0 heterocycles. The number of rotatable bonds is 5. The second-order valence-corrected chi connectivity index (χ2v) is 5.67. The largest absolute Gasteiger partial charge is 0.306 e. The van der Waals surface area contributed by atoms with Crippen LogP contribution in [0.3, 0.4) is 0 Å². The molecule has 0 amide bonds. The second kappa shape index (κ2) is 5.48. The first kappa shape index (κ1) is 13.6.